The first kappa shape index (κ1) is 30.6. The molecule has 1 heterocycles. The van der Waals surface area contributed by atoms with E-state index in [1.54, 1.807) is 42.5 Å². The molecule has 220 valence electrons. The van der Waals surface area contributed by atoms with Crippen LogP contribution in [0.5, 0.6) is 17.2 Å². The van der Waals surface area contributed by atoms with E-state index in [-0.39, 0.29) is 28.2 Å². The van der Waals surface area contributed by atoms with E-state index < -0.39 is 10.0 Å². The third kappa shape index (κ3) is 7.29. The largest absolute Gasteiger partial charge is 0.493 e. The van der Waals surface area contributed by atoms with Crippen LogP contribution in [0.15, 0.2) is 82.3 Å². The van der Waals surface area contributed by atoms with Gasteiger partial charge in [-0.25, -0.2) is 18.5 Å². The highest BCUT2D eigenvalue weighted by Crippen LogP contribution is 2.39. The first-order valence-electron chi connectivity index (χ1n) is 12.7. The molecule has 0 spiro atoms. The van der Waals surface area contributed by atoms with E-state index in [0.29, 0.717) is 46.6 Å². The van der Waals surface area contributed by atoms with E-state index in [9.17, 15) is 18.0 Å². The molecular weight excluding hydrogens is 580 g/mol. The Kier molecular flexibility index (Phi) is 9.88. The summed E-state index contributed by atoms with van der Waals surface area (Å²) in [5, 5.41) is 8.33. The minimum Gasteiger partial charge on any atom is -0.493 e. The lowest BCUT2D eigenvalue weighted by atomic mass is 10.1. The Hall–Kier alpha value is -4.33. The van der Waals surface area contributed by atoms with Crippen molar-refractivity contribution < 1.29 is 32.2 Å². The van der Waals surface area contributed by atoms with Crippen LogP contribution in [0.1, 0.15) is 11.1 Å². The molecular formula is C29H30N4O7S2. The number of nitrogens with one attached hydrogen (secondary N) is 1. The van der Waals surface area contributed by atoms with Crippen LogP contribution in [0.25, 0.3) is 6.08 Å². The minimum atomic E-state index is -3.76. The van der Waals surface area contributed by atoms with Gasteiger partial charge in [-0.15, -0.1) is 0 Å². The molecule has 0 fully saturated rings. The summed E-state index contributed by atoms with van der Waals surface area (Å²) in [6, 6.07) is 18.6. The number of benzene rings is 3. The fraction of sp³-hybridized carbons (Fsp3) is 0.207. The van der Waals surface area contributed by atoms with Crippen molar-refractivity contribution in [1.82, 2.24) is 5.32 Å². The zero-order valence-corrected chi connectivity index (χ0v) is 24.8. The predicted octanol–water partition coefficient (Wildman–Crippen LogP) is 3.20. The molecule has 0 unspecified atom stereocenters. The van der Waals surface area contributed by atoms with Crippen molar-refractivity contribution in [3.05, 3.63) is 83.6 Å². The second-order valence-corrected chi connectivity index (χ2v) is 11.4. The lowest BCUT2D eigenvalue weighted by molar-refractivity contribution is -0.118. The van der Waals surface area contributed by atoms with E-state index in [4.69, 9.17) is 19.3 Å². The first-order chi connectivity index (χ1) is 20.1. The fourth-order valence-electron chi connectivity index (χ4n) is 4.11. The topological polar surface area (TPSA) is 150 Å². The molecule has 0 bridgehead atoms. The van der Waals surface area contributed by atoms with Crippen LogP contribution in [0.3, 0.4) is 0 Å². The molecule has 0 aliphatic carbocycles. The number of anilines is 1. The molecule has 0 radical (unpaired) electrons. The molecule has 4 rings (SSSR count). The normalized spacial score (nSPS) is 14.1. The third-order valence-electron chi connectivity index (χ3n) is 6.15. The van der Waals surface area contributed by atoms with Crippen LogP contribution in [0.2, 0.25) is 0 Å². The summed E-state index contributed by atoms with van der Waals surface area (Å²) in [5.74, 6) is 0.732. The second-order valence-electron chi connectivity index (χ2n) is 8.94. The molecule has 0 saturated carbocycles. The summed E-state index contributed by atoms with van der Waals surface area (Å²) >= 11 is 1.14. The zero-order valence-electron chi connectivity index (χ0n) is 23.2. The van der Waals surface area contributed by atoms with Crippen molar-refractivity contribution in [3.8, 4) is 17.2 Å². The van der Waals surface area contributed by atoms with Crippen molar-refractivity contribution >= 4 is 50.5 Å². The number of rotatable bonds is 11. The zero-order chi connectivity index (χ0) is 30.3. The van der Waals surface area contributed by atoms with E-state index in [1.807, 2.05) is 18.2 Å². The molecule has 13 heteroatoms. The molecule has 11 nitrogen and oxygen atoms in total. The Morgan fingerprint density at radius 3 is 2.21 bits per heavy atom. The molecule has 0 atom stereocenters. The fourth-order valence-corrected chi connectivity index (χ4v) is 5.47. The molecule has 42 heavy (non-hydrogen) atoms. The number of amides is 2. The maximum atomic E-state index is 13.5. The Labute approximate surface area is 248 Å². The van der Waals surface area contributed by atoms with Crippen LogP contribution < -0.4 is 29.6 Å². The summed E-state index contributed by atoms with van der Waals surface area (Å²) in [5.41, 5.74) is 2.26. The number of thioether (sulfide) groups is 1. The number of ether oxygens (including phenoxy) is 3. The van der Waals surface area contributed by atoms with Crippen LogP contribution in [0, 0.1) is 0 Å². The minimum absolute atomic E-state index is 0.0251. The van der Waals surface area contributed by atoms with Crippen LogP contribution in [-0.2, 0) is 26.0 Å². The van der Waals surface area contributed by atoms with Gasteiger partial charge in [0.1, 0.15) is 5.70 Å². The smallest absolute Gasteiger partial charge is 0.283 e. The van der Waals surface area contributed by atoms with Crippen LogP contribution in [0.4, 0.5) is 5.69 Å². The number of aliphatic imine (C=N–C) groups is 1. The predicted molar refractivity (Wildman–Crippen MR) is 162 cm³/mol. The Morgan fingerprint density at radius 1 is 1.00 bits per heavy atom. The van der Waals surface area contributed by atoms with Gasteiger partial charge in [0.2, 0.25) is 21.7 Å². The number of methoxy groups -OCH3 is 3. The number of hydrogen-bond donors (Lipinski definition) is 2. The maximum Gasteiger partial charge on any atom is 0.283 e. The van der Waals surface area contributed by atoms with Gasteiger partial charge in [-0.1, -0.05) is 42.1 Å². The van der Waals surface area contributed by atoms with Gasteiger partial charge >= 0.3 is 0 Å². The van der Waals surface area contributed by atoms with E-state index in [0.717, 1.165) is 17.3 Å². The third-order valence-corrected chi connectivity index (χ3v) is 8.02. The lowest BCUT2D eigenvalue weighted by Crippen LogP contribution is -2.32. The SMILES string of the molecule is COc1cc(/C=C2\N=C(SCC(=O)NCCc3ccc(S(N)(=O)=O)cc3)N(c3ccccc3)C2=O)cc(OC)c1OC. The van der Waals surface area contributed by atoms with Crippen LogP contribution in [-0.4, -0.2) is 59.0 Å². The molecule has 2 amide bonds. The number of amidine groups is 1. The Morgan fingerprint density at radius 2 is 1.64 bits per heavy atom. The summed E-state index contributed by atoms with van der Waals surface area (Å²) in [6.07, 6.45) is 2.12. The van der Waals surface area contributed by atoms with E-state index in [1.165, 1.54) is 38.4 Å². The summed E-state index contributed by atoms with van der Waals surface area (Å²) in [7, 11) is 0.764. The highest BCUT2D eigenvalue weighted by atomic mass is 32.2. The van der Waals surface area contributed by atoms with E-state index in [2.05, 4.69) is 10.3 Å². The molecule has 0 aromatic heterocycles. The first-order valence-corrected chi connectivity index (χ1v) is 15.2. The van der Waals surface area contributed by atoms with Gasteiger partial charge in [0, 0.05) is 6.54 Å². The van der Waals surface area contributed by atoms with Gasteiger partial charge in [0.15, 0.2) is 16.7 Å². The number of carbonyl (C=O) groups is 2. The van der Waals surface area contributed by atoms with Crippen molar-refractivity contribution in [3.63, 3.8) is 0 Å². The van der Waals surface area contributed by atoms with Crippen molar-refractivity contribution in [2.45, 2.75) is 11.3 Å². The number of hydrogen-bond acceptors (Lipinski definition) is 9. The Balaban J connectivity index is 1.48. The molecule has 3 N–H and O–H groups in total. The average Bonchev–Trinajstić information content (AvgIpc) is 3.29. The van der Waals surface area contributed by atoms with Gasteiger partial charge in [-0.3, -0.25) is 14.5 Å². The van der Waals surface area contributed by atoms with Crippen molar-refractivity contribution in [1.29, 1.82) is 0 Å². The number of nitrogens with two attached hydrogens (primary N) is 1. The second kappa shape index (κ2) is 13.6. The van der Waals surface area contributed by atoms with Gasteiger partial charge in [-0.2, -0.15) is 0 Å². The highest BCUT2D eigenvalue weighted by molar-refractivity contribution is 8.14. The molecule has 1 aliphatic rings. The van der Waals surface area contributed by atoms with E-state index >= 15 is 0 Å². The van der Waals surface area contributed by atoms with Crippen molar-refractivity contribution in [2.75, 3.05) is 38.5 Å². The molecule has 0 saturated heterocycles. The average molecular weight is 611 g/mol. The van der Waals surface area contributed by atoms with Gasteiger partial charge in [0.05, 0.1) is 37.7 Å². The quantitative estimate of drug-likeness (QED) is 0.315. The number of primary sulfonamides is 1. The van der Waals surface area contributed by atoms with Gasteiger partial charge in [0.25, 0.3) is 5.91 Å². The number of carbonyl (C=O) groups excluding carboxylic acids is 2. The van der Waals surface area contributed by atoms with Gasteiger partial charge in [-0.05, 0) is 60.0 Å². The maximum absolute atomic E-state index is 13.5. The molecule has 3 aromatic carbocycles. The summed E-state index contributed by atoms with van der Waals surface area (Å²) in [4.78, 5) is 32.2. The highest BCUT2D eigenvalue weighted by Gasteiger charge is 2.32. The summed E-state index contributed by atoms with van der Waals surface area (Å²) < 4.78 is 39.1. The number of nitrogens with zero attached hydrogens (tertiary/aromatic N) is 2. The number of para-hydroxylation sites is 1. The molecule has 1 aliphatic heterocycles. The summed E-state index contributed by atoms with van der Waals surface area (Å²) in [6.45, 7) is 0.341. The lowest BCUT2D eigenvalue weighted by Gasteiger charge is -2.17. The monoisotopic (exact) mass is 610 g/mol. The van der Waals surface area contributed by atoms with Gasteiger partial charge < -0.3 is 19.5 Å². The molecule has 3 aromatic rings. The number of sulfonamides is 1. The Bertz CT molecular complexity index is 1600. The van der Waals surface area contributed by atoms with Crippen LogP contribution >= 0.6 is 11.8 Å². The standard InChI is InChI=1S/C29H30N4O7S2/c1-38-24-16-20(17-25(39-2)27(24)40-3)15-23-28(35)33(21-7-5-4-6-8-21)29(32-23)41-18-26(34)31-14-13-19-9-11-22(12-10-19)42(30,36)37/h4-12,15-17H,13-14,18H2,1-3H3,(H,31,34)(H2,30,36,37)/b23-15-. The van der Waals surface area contributed by atoms with Crippen molar-refractivity contribution in [2.24, 2.45) is 10.1 Å².